The monoisotopic (exact) mass is 314 g/mol. The van der Waals surface area contributed by atoms with E-state index in [2.05, 4.69) is 46.8 Å². The molecule has 6 heteroatoms. The van der Waals surface area contributed by atoms with Gasteiger partial charge in [-0.2, -0.15) is 0 Å². The van der Waals surface area contributed by atoms with Crippen molar-refractivity contribution < 1.29 is 9.53 Å². The van der Waals surface area contributed by atoms with Crippen LogP contribution in [0.3, 0.4) is 0 Å². The Morgan fingerprint density at radius 3 is 2.91 bits per heavy atom. The van der Waals surface area contributed by atoms with Crippen molar-refractivity contribution in [1.82, 2.24) is 20.3 Å². The van der Waals surface area contributed by atoms with Gasteiger partial charge in [-0.05, 0) is 32.3 Å². The Kier molecular flexibility index (Phi) is 4.71. The molecule has 2 atom stereocenters. The molecule has 1 N–H and O–H groups in total. The van der Waals surface area contributed by atoms with Crippen LogP contribution in [0, 0.1) is 6.92 Å². The van der Waals surface area contributed by atoms with Gasteiger partial charge in [-0.3, -0.25) is 4.79 Å². The highest BCUT2D eigenvalue weighted by Crippen LogP contribution is 2.28. The van der Waals surface area contributed by atoms with Crippen molar-refractivity contribution in [2.75, 3.05) is 6.61 Å². The molecule has 6 nitrogen and oxygen atoms in total. The zero-order valence-corrected chi connectivity index (χ0v) is 13.5. The summed E-state index contributed by atoms with van der Waals surface area (Å²) in [6.07, 6.45) is 3.24. The standard InChI is InChI=1S/C17H22N4O2/c1-3-21-15(11-18-20-21)17(22)19-14-5-4-10-23-16(14)13-8-6-12(2)7-9-13/h6-9,11,14,16H,3-5,10H2,1-2H3,(H,19,22). The number of hydrogen-bond acceptors (Lipinski definition) is 4. The van der Waals surface area contributed by atoms with E-state index in [4.69, 9.17) is 4.74 Å². The molecule has 0 aliphatic carbocycles. The largest absolute Gasteiger partial charge is 0.371 e. The first-order valence-corrected chi connectivity index (χ1v) is 8.06. The molecule has 1 aromatic heterocycles. The third-order valence-corrected chi connectivity index (χ3v) is 4.19. The second-order valence-corrected chi connectivity index (χ2v) is 5.86. The molecule has 2 aromatic rings. The number of carbonyl (C=O) groups is 1. The summed E-state index contributed by atoms with van der Waals surface area (Å²) in [5, 5.41) is 10.8. The predicted octanol–water partition coefficient (Wildman–Crippen LogP) is 2.26. The van der Waals surface area contributed by atoms with E-state index >= 15 is 0 Å². The number of aromatic nitrogens is 3. The zero-order chi connectivity index (χ0) is 16.2. The molecule has 0 saturated carbocycles. The SMILES string of the molecule is CCn1nncc1C(=O)NC1CCCOC1c1ccc(C)cc1. The number of ether oxygens (including phenoxy) is 1. The van der Waals surface area contributed by atoms with Crippen LogP contribution >= 0.6 is 0 Å². The first kappa shape index (κ1) is 15.7. The summed E-state index contributed by atoms with van der Waals surface area (Å²) in [6.45, 7) is 5.33. The smallest absolute Gasteiger partial charge is 0.271 e. The average molecular weight is 314 g/mol. The predicted molar refractivity (Wildman–Crippen MR) is 86.1 cm³/mol. The summed E-state index contributed by atoms with van der Waals surface area (Å²) in [7, 11) is 0. The van der Waals surface area contributed by atoms with Gasteiger partial charge >= 0.3 is 0 Å². The van der Waals surface area contributed by atoms with E-state index in [1.165, 1.54) is 11.8 Å². The van der Waals surface area contributed by atoms with E-state index in [0.29, 0.717) is 12.2 Å². The van der Waals surface area contributed by atoms with Crippen LogP contribution in [-0.2, 0) is 11.3 Å². The van der Waals surface area contributed by atoms with Crippen LogP contribution in [-0.4, -0.2) is 33.5 Å². The minimum Gasteiger partial charge on any atom is -0.371 e. The van der Waals surface area contributed by atoms with Crippen molar-refractivity contribution >= 4 is 5.91 Å². The van der Waals surface area contributed by atoms with Crippen molar-refractivity contribution in [2.45, 2.75) is 45.4 Å². The van der Waals surface area contributed by atoms with Crippen LogP contribution in [0.2, 0.25) is 0 Å². The fourth-order valence-electron chi connectivity index (χ4n) is 2.92. The van der Waals surface area contributed by atoms with Crippen LogP contribution in [0.5, 0.6) is 0 Å². The van der Waals surface area contributed by atoms with Crippen molar-refractivity contribution in [3.05, 3.63) is 47.3 Å². The second-order valence-electron chi connectivity index (χ2n) is 5.86. The summed E-state index contributed by atoms with van der Waals surface area (Å²) < 4.78 is 7.54. The Hall–Kier alpha value is -2.21. The fraction of sp³-hybridized carbons (Fsp3) is 0.471. The number of aryl methyl sites for hydroxylation is 2. The third-order valence-electron chi connectivity index (χ3n) is 4.19. The minimum atomic E-state index is -0.149. The van der Waals surface area contributed by atoms with Crippen LogP contribution in [0.25, 0.3) is 0 Å². The maximum atomic E-state index is 12.5. The molecule has 2 unspecified atom stereocenters. The van der Waals surface area contributed by atoms with Gasteiger partial charge in [-0.1, -0.05) is 35.0 Å². The number of amides is 1. The number of nitrogens with zero attached hydrogens (tertiary/aromatic N) is 3. The van der Waals surface area contributed by atoms with E-state index in [9.17, 15) is 4.79 Å². The summed E-state index contributed by atoms with van der Waals surface area (Å²) in [5.74, 6) is -0.149. The third kappa shape index (κ3) is 3.42. The highest BCUT2D eigenvalue weighted by atomic mass is 16.5. The Morgan fingerprint density at radius 2 is 2.17 bits per heavy atom. The molecular formula is C17H22N4O2. The van der Waals surface area contributed by atoms with Gasteiger partial charge in [-0.25, -0.2) is 4.68 Å². The van der Waals surface area contributed by atoms with E-state index < -0.39 is 0 Å². The lowest BCUT2D eigenvalue weighted by molar-refractivity contribution is -0.00957. The van der Waals surface area contributed by atoms with Gasteiger partial charge < -0.3 is 10.1 Å². The molecule has 1 aromatic carbocycles. The van der Waals surface area contributed by atoms with E-state index in [1.54, 1.807) is 4.68 Å². The number of nitrogens with one attached hydrogen (secondary N) is 1. The van der Waals surface area contributed by atoms with Crippen molar-refractivity contribution in [2.24, 2.45) is 0 Å². The Balaban J connectivity index is 1.76. The molecule has 1 saturated heterocycles. The van der Waals surface area contributed by atoms with Gasteiger partial charge in [0.05, 0.1) is 12.2 Å². The minimum absolute atomic E-state index is 0.0424. The van der Waals surface area contributed by atoms with Gasteiger partial charge in [0.15, 0.2) is 0 Å². The van der Waals surface area contributed by atoms with Crippen molar-refractivity contribution in [1.29, 1.82) is 0 Å². The molecule has 1 aliphatic heterocycles. The van der Waals surface area contributed by atoms with Crippen molar-refractivity contribution in [3.63, 3.8) is 0 Å². The summed E-state index contributed by atoms with van der Waals surface area (Å²) >= 11 is 0. The lowest BCUT2D eigenvalue weighted by Crippen LogP contribution is -2.43. The lowest BCUT2D eigenvalue weighted by atomic mass is 9.95. The van der Waals surface area contributed by atoms with Crippen LogP contribution in [0.4, 0.5) is 0 Å². The molecule has 1 fully saturated rings. The molecule has 0 radical (unpaired) electrons. The quantitative estimate of drug-likeness (QED) is 0.940. The van der Waals surface area contributed by atoms with Gasteiger partial charge in [-0.15, -0.1) is 5.10 Å². The lowest BCUT2D eigenvalue weighted by Gasteiger charge is -2.32. The highest BCUT2D eigenvalue weighted by Gasteiger charge is 2.29. The zero-order valence-electron chi connectivity index (χ0n) is 13.5. The van der Waals surface area contributed by atoms with Crippen LogP contribution in [0.1, 0.15) is 47.5 Å². The molecular weight excluding hydrogens is 292 g/mol. The Labute approximate surface area is 135 Å². The maximum Gasteiger partial charge on any atom is 0.271 e. The first-order valence-electron chi connectivity index (χ1n) is 8.06. The fourth-order valence-corrected chi connectivity index (χ4v) is 2.92. The average Bonchev–Trinajstić information content (AvgIpc) is 3.05. The van der Waals surface area contributed by atoms with E-state index in [0.717, 1.165) is 25.0 Å². The summed E-state index contributed by atoms with van der Waals surface area (Å²) in [5.41, 5.74) is 2.80. The molecule has 0 spiro atoms. The van der Waals surface area contributed by atoms with Gasteiger partial charge in [0, 0.05) is 13.2 Å². The molecule has 2 heterocycles. The van der Waals surface area contributed by atoms with E-state index in [1.807, 2.05) is 6.92 Å². The number of carbonyl (C=O) groups excluding carboxylic acids is 1. The number of hydrogen-bond donors (Lipinski definition) is 1. The second kappa shape index (κ2) is 6.91. The summed E-state index contributed by atoms with van der Waals surface area (Å²) in [6, 6.07) is 8.24. The van der Waals surface area contributed by atoms with E-state index in [-0.39, 0.29) is 18.1 Å². The molecule has 1 amide bonds. The molecule has 23 heavy (non-hydrogen) atoms. The van der Waals surface area contributed by atoms with Gasteiger partial charge in [0.25, 0.3) is 5.91 Å². The first-order chi connectivity index (χ1) is 11.2. The Morgan fingerprint density at radius 1 is 1.39 bits per heavy atom. The van der Waals surface area contributed by atoms with Gasteiger partial charge in [0.2, 0.25) is 0 Å². The molecule has 3 rings (SSSR count). The topological polar surface area (TPSA) is 69.0 Å². The summed E-state index contributed by atoms with van der Waals surface area (Å²) in [4.78, 5) is 12.5. The Bertz CT molecular complexity index is 665. The maximum absolute atomic E-state index is 12.5. The normalized spacial score (nSPS) is 21.1. The number of rotatable bonds is 4. The molecule has 1 aliphatic rings. The highest BCUT2D eigenvalue weighted by molar-refractivity contribution is 5.92. The molecule has 122 valence electrons. The van der Waals surface area contributed by atoms with Crippen LogP contribution in [0.15, 0.2) is 30.5 Å². The van der Waals surface area contributed by atoms with Gasteiger partial charge in [0.1, 0.15) is 11.8 Å². The van der Waals surface area contributed by atoms with Crippen molar-refractivity contribution in [3.8, 4) is 0 Å². The number of benzene rings is 1. The molecule has 0 bridgehead atoms. The van der Waals surface area contributed by atoms with Crippen LogP contribution < -0.4 is 5.32 Å².